The highest BCUT2D eigenvalue weighted by molar-refractivity contribution is 14.0. The molecule has 1 fully saturated rings. The molecule has 1 atom stereocenters. The van der Waals surface area contributed by atoms with E-state index in [0.29, 0.717) is 11.8 Å². The van der Waals surface area contributed by atoms with Gasteiger partial charge < -0.3 is 20.1 Å². The van der Waals surface area contributed by atoms with Gasteiger partial charge in [0.05, 0.1) is 13.7 Å². The molecule has 0 spiro atoms. The molecule has 1 aromatic rings. The number of nitrogens with zero attached hydrogens (tertiary/aromatic N) is 2. The predicted octanol–water partition coefficient (Wildman–Crippen LogP) is 3.31. The lowest BCUT2D eigenvalue weighted by Gasteiger charge is -2.34. The molecule has 24 heavy (non-hydrogen) atoms. The fourth-order valence-corrected chi connectivity index (χ4v) is 3.74. The largest absolute Gasteiger partial charge is 0.508 e. The number of guanidine groups is 1. The van der Waals surface area contributed by atoms with Gasteiger partial charge in [0.25, 0.3) is 0 Å². The Hall–Kier alpha value is -0.830. The number of phenolic OH excluding ortho intramolecular Hbond substituents is 1. The minimum Gasteiger partial charge on any atom is -0.508 e. The van der Waals surface area contributed by atoms with E-state index < -0.39 is 0 Å². The van der Waals surface area contributed by atoms with Crippen LogP contribution in [0.1, 0.15) is 25.8 Å². The summed E-state index contributed by atoms with van der Waals surface area (Å²) in [5.74, 6) is 3.05. The van der Waals surface area contributed by atoms with Gasteiger partial charge >= 0.3 is 0 Å². The van der Waals surface area contributed by atoms with E-state index in [4.69, 9.17) is 9.73 Å². The highest BCUT2D eigenvalue weighted by atomic mass is 127. The average Bonchev–Trinajstić information content (AvgIpc) is 2.59. The maximum Gasteiger partial charge on any atom is 0.194 e. The van der Waals surface area contributed by atoms with Crippen LogP contribution in [0.3, 0.4) is 0 Å². The number of benzene rings is 1. The monoisotopic (exact) mass is 465 g/mol. The number of aliphatic imine (C=N–C) groups is 1. The van der Waals surface area contributed by atoms with Gasteiger partial charge in [0.1, 0.15) is 11.5 Å². The zero-order chi connectivity index (χ0) is 16.7. The lowest BCUT2D eigenvalue weighted by molar-refractivity contribution is 0.406. The molecular formula is C17H28IN3O2S. The molecule has 0 amide bonds. The third-order valence-corrected chi connectivity index (χ3v) is 5.29. The highest BCUT2D eigenvalue weighted by Gasteiger charge is 2.21. The molecule has 2 N–H and O–H groups in total. The fourth-order valence-electron chi connectivity index (χ4n) is 2.56. The Bertz CT molecular complexity index is 543. The zero-order valence-corrected chi connectivity index (χ0v) is 17.8. The van der Waals surface area contributed by atoms with Crippen LogP contribution in [0, 0.1) is 0 Å². The van der Waals surface area contributed by atoms with E-state index in [9.17, 15) is 5.11 Å². The number of aromatic hydroxyl groups is 1. The van der Waals surface area contributed by atoms with E-state index in [1.807, 2.05) is 17.8 Å². The molecule has 1 aliphatic rings. The molecule has 2 rings (SSSR count). The standard InChI is InChI=1S/C17H27N3O2S.HI/c1-4-15-12-20(8-9-23-15)17(18-5-2)19-11-13-10-14(22-3)6-7-16(13)21;/h6-7,10,15,21H,4-5,8-9,11-12H2,1-3H3,(H,18,19);1H. The minimum atomic E-state index is 0. The highest BCUT2D eigenvalue weighted by Crippen LogP contribution is 2.24. The van der Waals surface area contributed by atoms with Gasteiger partial charge in [-0.15, -0.1) is 24.0 Å². The van der Waals surface area contributed by atoms with Gasteiger partial charge in [0.2, 0.25) is 0 Å². The molecule has 1 saturated heterocycles. The molecule has 0 radical (unpaired) electrons. The van der Waals surface area contributed by atoms with Crippen molar-refractivity contribution in [1.29, 1.82) is 0 Å². The summed E-state index contributed by atoms with van der Waals surface area (Å²) in [7, 11) is 1.62. The van der Waals surface area contributed by atoms with E-state index in [1.165, 1.54) is 6.42 Å². The van der Waals surface area contributed by atoms with E-state index in [2.05, 4.69) is 24.1 Å². The lowest BCUT2D eigenvalue weighted by atomic mass is 10.2. The molecule has 136 valence electrons. The van der Waals surface area contributed by atoms with Gasteiger partial charge in [-0.1, -0.05) is 6.92 Å². The third-order valence-electron chi connectivity index (χ3n) is 3.91. The molecule has 5 nitrogen and oxygen atoms in total. The number of halogens is 1. The van der Waals surface area contributed by atoms with Crippen molar-refractivity contribution in [3.63, 3.8) is 0 Å². The van der Waals surface area contributed by atoms with Crippen LogP contribution < -0.4 is 10.1 Å². The van der Waals surface area contributed by atoms with Gasteiger partial charge in [-0.3, -0.25) is 0 Å². The molecule has 0 aliphatic carbocycles. The van der Waals surface area contributed by atoms with Crippen LogP contribution in [0.15, 0.2) is 23.2 Å². The molecule has 0 bridgehead atoms. The molecule has 1 aromatic carbocycles. The summed E-state index contributed by atoms with van der Waals surface area (Å²) in [6.45, 7) is 7.62. The summed E-state index contributed by atoms with van der Waals surface area (Å²) < 4.78 is 5.22. The van der Waals surface area contributed by atoms with Gasteiger partial charge in [0, 0.05) is 36.2 Å². The first-order valence-corrected chi connectivity index (χ1v) is 9.23. The summed E-state index contributed by atoms with van der Waals surface area (Å²) in [5, 5.41) is 14.0. The van der Waals surface area contributed by atoms with Crippen LogP contribution in [0.5, 0.6) is 11.5 Å². The van der Waals surface area contributed by atoms with Crippen molar-refractivity contribution in [1.82, 2.24) is 10.2 Å². The fraction of sp³-hybridized carbons (Fsp3) is 0.588. The summed E-state index contributed by atoms with van der Waals surface area (Å²) in [6, 6.07) is 5.24. The number of nitrogens with one attached hydrogen (secondary N) is 1. The molecule has 1 aliphatic heterocycles. The van der Waals surface area contributed by atoms with Gasteiger partial charge in [-0.05, 0) is 31.5 Å². The minimum absolute atomic E-state index is 0. The first kappa shape index (κ1) is 21.2. The quantitative estimate of drug-likeness (QED) is 0.397. The summed E-state index contributed by atoms with van der Waals surface area (Å²) >= 11 is 2.04. The second kappa shape index (κ2) is 10.9. The molecule has 7 heteroatoms. The molecule has 0 aromatic heterocycles. The summed E-state index contributed by atoms with van der Waals surface area (Å²) in [4.78, 5) is 7.04. The van der Waals surface area contributed by atoms with Crippen LogP contribution in [-0.2, 0) is 6.54 Å². The first-order valence-electron chi connectivity index (χ1n) is 8.18. The van der Waals surface area contributed by atoms with Crippen molar-refractivity contribution in [2.45, 2.75) is 32.1 Å². The Kier molecular flexibility index (Phi) is 9.65. The van der Waals surface area contributed by atoms with Gasteiger partial charge in [0.15, 0.2) is 5.96 Å². The van der Waals surface area contributed by atoms with E-state index in [1.54, 1.807) is 19.2 Å². The van der Waals surface area contributed by atoms with E-state index in [0.717, 1.165) is 42.7 Å². The first-order chi connectivity index (χ1) is 11.2. The molecular weight excluding hydrogens is 437 g/mol. The van der Waals surface area contributed by atoms with Crippen LogP contribution >= 0.6 is 35.7 Å². The third kappa shape index (κ3) is 5.91. The van der Waals surface area contributed by atoms with Crippen LogP contribution in [-0.4, -0.2) is 53.7 Å². The Balaban J connectivity index is 0.00000288. The number of rotatable bonds is 5. The number of ether oxygens (including phenoxy) is 1. The maximum atomic E-state index is 10.0. The summed E-state index contributed by atoms with van der Waals surface area (Å²) in [5.41, 5.74) is 0.776. The van der Waals surface area contributed by atoms with Crippen LogP contribution in [0.2, 0.25) is 0 Å². The van der Waals surface area contributed by atoms with Crippen molar-refractivity contribution in [3.8, 4) is 11.5 Å². The smallest absolute Gasteiger partial charge is 0.194 e. The molecule has 0 saturated carbocycles. The van der Waals surface area contributed by atoms with Crippen molar-refractivity contribution >= 4 is 41.7 Å². The number of phenols is 1. The Morgan fingerprint density at radius 2 is 2.25 bits per heavy atom. The number of hydrogen-bond acceptors (Lipinski definition) is 4. The lowest BCUT2D eigenvalue weighted by Crippen LogP contribution is -2.48. The van der Waals surface area contributed by atoms with Crippen LogP contribution in [0.4, 0.5) is 0 Å². The second-order valence-corrected chi connectivity index (χ2v) is 6.92. The SMILES string of the molecule is CCNC(=NCc1cc(OC)ccc1O)N1CCSC(CC)C1.I. The Morgan fingerprint density at radius 3 is 2.92 bits per heavy atom. The van der Waals surface area contributed by atoms with Gasteiger partial charge in [-0.2, -0.15) is 11.8 Å². The van der Waals surface area contributed by atoms with E-state index in [-0.39, 0.29) is 29.7 Å². The summed E-state index contributed by atoms with van der Waals surface area (Å²) in [6.07, 6.45) is 1.18. The number of thioether (sulfide) groups is 1. The predicted molar refractivity (Wildman–Crippen MR) is 113 cm³/mol. The van der Waals surface area contributed by atoms with Crippen LogP contribution in [0.25, 0.3) is 0 Å². The average molecular weight is 465 g/mol. The number of methoxy groups -OCH3 is 1. The maximum absolute atomic E-state index is 10.0. The second-order valence-electron chi connectivity index (χ2n) is 5.51. The number of hydrogen-bond donors (Lipinski definition) is 2. The Morgan fingerprint density at radius 1 is 1.46 bits per heavy atom. The van der Waals surface area contributed by atoms with Crippen molar-refractivity contribution in [3.05, 3.63) is 23.8 Å². The van der Waals surface area contributed by atoms with E-state index >= 15 is 0 Å². The topological polar surface area (TPSA) is 57.1 Å². The normalized spacial score (nSPS) is 18.0. The van der Waals surface area contributed by atoms with Crippen molar-refractivity contribution in [2.75, 3.05) is 32.5 Å². The van der Waals surface area contributed by atoms with Crippen molar-refractivity contribution in [2.24, 2.45) is 4.99 Å². The zero-order valence-electron chi connectivity index (χ0n) is 14.6. The molecule has 1 heterocycles. The van der Waals surface area contributed by atoms with Crippen molar-refractivity contribution < 1.29 is 9.84 Å². The van der Waals surface area contributed by atoms with Gasteiger partial charge in [-0.25, -0.2) is 4.99 Å². The molecule has 1 unspecified atom stereocenters. The Labute approximate surface area is 166 Å².